The number of hydrogen-bond donors (Lipinski definition) is 2. The minimum Gasteiger partial charge on any atom is -0.486 e. The number of carboxylic acid groups (broad SMARTS) is 1. The summed E-state index contributed by atoms with van der Waals surface area (Å²) in [4.78, 5) is 11.4. The molecular formula is C28H25NO6. The van der Waals surface area contributed by atoms with Gasteiger partial charge in [-0.3, -0.25) is 0 Å². The average Bonchev–Trinajstić information content (AvgIpc) is 3.36. The van der Waals surface area contributed by atoms with Crippen LogP contribution in [-0.4, -0.2) is 24.3 Å². The molecule has 1 aliphatic heterocycles. The fourth-order valence-electron chi connectivity index (χ4n) is 3.88. The van der Waals surface area contributed by atoms with Crippen molar-refractivity contribution in [3.63, 3.8) is 0 Å². The van der Waals surface area contributed by atoms with Gasteiger partial charge >= 0.3 is 5.97 Å². The Balaban J connectivity index is 1.52. The highest BCUT2D eigenvalue weighted by Gasteiger charge is 2.19. The maximum absolute atomic E-state index is 11.4. The minimum atomic E-state index is -1.13. The monoisotopic (exact) mass is 471 g/mol. The number of fused-ring (bicyclic) bond motifs is 1. The molecule has 35 heavy (non-hydrogen) atoms. The topological polar surface area (TPSA) is 90.2 Å². The number of para-hydroxylation sites is 1. The molecule has 3 aromatic carbocycles. The summed E-state index contributed by atoms with van der Waals surface area (Å²) < 4.78 is 23.2. The van der Waals surface area contributed by atoms with Crippen molar-refractivity contribution >= 4 is 17.3 Å². The third-order valence-corrected chi connectivity index (χ3v) is 5.66. The maximum atomic E-state index is 11.4. The molecule has 1 aromatic heterocycles. The van der Waals surface area contributed by atoms with Gasteiger partial charge in [0.15, 0.2) is 11.5 Å². The van der Waals surface area contributed by atoms with Crippen molar-refractivity contribution in [3.8, 4) is 34.3 Å². The van der Waals surface area contributed by atoms with E-state index in [2.05, 4.69) is 31.3 Å². The van der Waals surface area contributed by atoms with Crippen molar-refractivity contribution in [2.75, 3.05) is 18.5 Å². The molecule has 0 spiro atoms. The van der Waals surface area contributed by atoms with E-state index in [1.54, 1.807) is 6.07 Å². The van der Waals surface area contributed by atoms with Gasteiger partial charge in [-0.05, 0) is 66.1 Å². The van der Waals surface area contributed by atoms with Crippen molar-refractivity contribution in [3.05, 3.63) is 84.1 Å². The standard InChI is InChI=1S/C28H25NO6/c1-17(2)18-5-3-6-19(15-18)29-22-10-9-20(16-21(22)23-11-12-26(35-23)28(30)31)34-25-8-4-7-24-27(25)33-14-13-32-24/h3-12,15-17,29H,13-14H2,1-2H3,(H,30,31). The Hall–Kier alpha value is -4.39. The Kier molecular flexibility index (Phi) is 6.06. The molecule has 0 aliphatic carbocycles. The molecule has 4 aromatic rings. The molecule has 0 saturated heterocycles. The maximum Gasteiger partial charge on any atom is 0.371 e. The number of aromatic carboxylic acids is 1. The summed E-state index contributed by atoms with van der Waals surface area (Å²) in [6, 6.07) is 22.3. The van der Waals surface area contributed by atoms with Crippen LogP contribution in [0.15, 0.2) is 77.2 Å². The van der Waals surface area contributed by atoms with Crippen molar-refractivity contribution < 1.29 is 28.5 Å². The van der Waals surface area contributed by atoms with Gasteiger partial charge < -0.3 is 29.1 Å². The molecule has 7 heteroatoms. The molecule has 7 nitrogen and oxygen atoms in total. The quantitative estimate of drug-likeness (QED) is 0.298. The molecule has 1 aliphatic rings. The number of carboxylic acids is 1. The van der Waals surface area contributed by atoms with Crippen LogP contribution in [0.4, 0.5) is 11.4 Å². The van der Waals surface area contributed by atoms with Crippen LogP contribution in [0.5, 0.6) is 23.0 Å². The largest absolute Gasteiger partial charge is 0.486 e. The molecule has 5 rings (SSSR count). The first kappa shape index (κ1) is 22.4. The third-order valence-electron chi connectivity index (χ3n) is 5.66. The number of nitrogens with one attached hydrogen (secondary N) is 1. The second-order valence-corrected chi connectivity index (χ2v) is 8.46. The molecule has 0 unspecified atom stereocenters. The number of benzene rings is 3. The molecule has 0 radical (unpaired) electrons. The summed E-state index contributed by atoms with van der Waals surface area (Å²) in [6.45, 7) is 5.22. The second kappa shape index (κ2) is 9.46. The van der Waals surface area contributed by atoms with Crippen LogP contribution in [0.1, 0.15) is 35.9 Å². The van der Waals surface area contributed by atoms with Crippen molar-refractivity contribution in [1.82, 2.24) is 0 Å². The van der Waals surface area contributed by atoms with E-state index in [-0.39, 0.29) is 5.76 Å². The number of hydrogen-bond acceptors (Lipinski definition) is 6. The van der Waals surface area contributed by atoms with Gasteiger partial charge in [0.1, 0.15) is 24.7 Å². The van der Waals surface area contributed by atoms with E-state index in [1.807, 2.05) is 48.5 Å². The van der Waals surface area contributed by atoms with Crippen LogP contribution in [0.3, 0.4) is 0 Å². The molecule has 178 valence electrons. The zero-order chi connectivity index (χ0) is 24.4. The first-order chi connectivity index (χ1) is 17.0. The lowest BCUT2D eigenvalue weighted by molar-refractivity contribution is 0.0663. The number of furan rings is 1. The van der Waals surface area contributed by atoms with Crippen LogP contribution >= 0.6 is 0 Å². The molecule has 2 N–H and O–H groups in total. The summed E-state index contributed by atoms with van der Waals surface area (Å²) >= 11 is 0. The SMILES string of the molecule is CC(C)c1cccc(Nc2ccc(Oc3cccc4c3OCCO4)cc2-c2ccc(C(=O)O)o2)c1. The smallest absolute Gasteiger partial charge is 0.371 e. The van der Waals surface area contributed by atoms with Crippen LogP contribution in [0.2, 0.25) is 0 Å². The number of ether oxygens (including phenoxy) is 3. The lowest BCUT2D eigenvalue weighted by Crippen LogP contribution is -2.15. The van der Waals surface area contributed by atoms with E-state index < -0.39 is 5.97 Å². The van der Waals surface area contributed by atoms with Gasteiger partial charge in [-0.2, -0.15) is 0 Å². The van der Waals surface area contributed by atoms with Crippen LogP contribution in [0, 0.1) is 0 Å². The third kappa shape index (κ3) is 4.80. The predicted molar refractivity (Wildman–Crippen MR) is 132 cm³/mol. The van der Waals surface area contributed by atoms with Gasteiger partial charge in [-0.25, -0.2) is 4.79 Å². The Morgan fingerprint density at radius 2 is 1.80 bits per heavy atom. The zero-order valence-corrected chi connectivity index (χ0v) is 19.4. The van der Waals surface area contributed by atoms with Gasteiger partial charge in [0.2, 0.25) is 11.5 Å². The lowest BCUT2D eigenvalue weighted by Gasteiger charge is -2.21. The van der Waals surface area contributed by atoms with E-state index in [1.165, 1.54) is 11.6 Å². The average molecular weight is 472 g/mol. The highest BCUT2D eigenvalue weighted by Crippen LogP contribution is 2.43. The van der Waals surface area contributed by atoms with Crippen LogP contribution in [-0.2, 0) is 0 Å². The molecule has 2 heterocycles. The minimum absolute atomic E-state index is 0.137. The summed E-state index contributed by atoms with van der Waals surface area (Å²) in [5.74, 6) is 1.79. The van der Waals surface area contributed by atoms with E-state index >= 15 is 0 Å². The summed E-state index contributed by atoms with van der Waals surface area (Å²) in [7, 11) is 0. The van der Waals surface area contributed by atoms with Gasteiger partial charge in [-0.15, -0.1) is 0 Å². The summed E-state index contributed by atoms with van der Waals surface area (Å²) in [6.07, 6.45) is 0. The Bertz CT molecular complexity index is 1370. The molecule has 0 bridgehead atoms. The normalized spacial score (nSPS) is 12.4. The highest BCUT2D eigenvalue weighted by molar-refractivity contribution is 5.87. The molecule has 0 saturated carbocycles. The van der Waals surface area contributed by atoms with Gasteiger partial charge in [0, 0.05) is 16.9 Å². The number of carbonyl (C=O) groups is 1. The predicted octanol–water partition coefficient (Wildman–Crippen LogP) is 7.08. The fourth-order valence-corrected chi connectivity index (χ4v) is 3.88. The Labute approximate surface area is 202 Å². The second-order valence-electron chi connectivity index (χ2n) is 8.46. The number of anilines is 2. The van der Waals surface area contributed by atoms with E-state index in [0.29, 0.717) is 53.5 Å². The van der Waals surface area contributed by atoms with Crippen molar-refractivity contribution in [1.29, 1.82) is 0 Å². The van der Waals surface area contributed by atoms with E-state index in [9.17, 15) is 9.90 Å². The molecule has 0 atom stereocenters. The first-order valence-corrected chi connectivity index (χ1v) is 11.4. The molecule has 0 fully saturated rings. The number of rotatable bonds is 7. The highest BCUT2D eigenvalue weighted by atomic mass is 16.6. The Morgan fingerprint density at radius 3 is 2.60 bits per heavy atom. The van der Waals surface area contributed by atoms with Crippen molar-refractivity contribution in [2.45, 2.75) is 19.8 Å². The van der Waals surface area contributed by atoms with E-state index in [0.717, 1.165) is 11.4 Å². The van der Waals surface area contributed by atoms with Gasteiger partial charge in [-0.1, -0.05) is 32.0 Å². The van der Waals surface area contributed by atoms with Crippen LogP contribution < -0.4 is 19.5 Å². The van der Waals surface area contributed by atoms with Crippen LogP contribution in [0.25, 0.3) is 11.3 Å². The lowest BCUT2D eigenvalue weighted by atomic mass is 10.0. The van der Waals surface area contributed by atoms with Gasteiger partial charge in [0.05, 0.1) is 0 Å². The molecular weight excluding hydrogens is 446 g/mol. The first-order valence-electron chi connectivity index (χ1n) is 11.4. The molecule has 0 amide bonds. The summed E-state index contributed by atoms with van der Waals surface area (Å²) in [5, 5.41) is 12.8. The summed E-state index contributed by atoms with van der Waals surface area (Å²) in [5.41, 5.74) is 3.53. The fraction of sp³-hybridized carbons (Fsp3) is 0.179. The zero-order valence-electron chi connectivity index (χ0n) is 19.4. The van der Waals surface area contributed by atoms with Gasteiger partial charge in [0.25, 0.3) is 0 Å². The Morgan fingerprint density at radius 1 is 0.971 bits per heavy atom. The van der Waals surface area contributed by atoms with Crippen molar-refractivity contribution in [2.24, 2.45) is 0 Å². The van der Waals surface area contributed by atoms with E-state index in [4.69, 9.17) is 18.6 Å².